The lowest BCUT2D eigenvalue weighted by atomic mass is 10.1. The molecule has 0 atom stereocenters. The van der Waals surface area contributed by atoms with Crippen LogP contribution in [0.1, 0.15) is 5.56 Å². The van der Waals surface area contributed by atoms with E-state index in [4.69, 9.17) is 17.3 Å². The van der Waals surface area contributed by atoms with Gasteiger partial charge in [-0.25, -0.2) is 4.98 Å². The first-order chi connectivity index (χ1) is 6.18. The minimum Gasteiger partial charge on any atom is -0.383 e. The monoisotopic (exact) mass is 192 g/mol. The summed E-state index contributed by atoms with van der Waals surface area (Å²) in [5.41, 5.74) is 6.67. The lowest BCUT2D eigenvalue weighted by Crippen LogP contribution is -1.93. The van der Waals surface area contributed by atoms with Crippen LogP contribution in [0.15, 0.2) is 24.4 Å². The Hall–Kier alpha value is -1.28. The van der Waals surface area contributed by atoms with E-state index >= 15 is 0 Å². The van der Waals surface area contributed by atoms with E-state index in [1.807, 2.05) is 25.1 Å². The van der Waals surface area contributed by atoms with E-state index in [1.54, 1.807) is 6.20 Å². The van der Waals surface area contributed by atoms with Crippen LogP contribution in [-0.4, -0.2) is 4.98 Å². The smallest absolute Gasteiger partial charge is 0.126 e. The summed E-state index contributed by atoms with van der Waals surface area (Å²) in [4.78, 5) is 4.07. The Morgan fingerprint density at radius 1 is 1.38 bits per heavy atom. The normalized spacial score (nSPS) is 10.6. The molecule has 2 aromatic rings. The zero-order valence-corrected chi connectivity index (χ0v) is 7.97. The van der Waals surface area contributed by atoms with Gasteiger partial charge in [-0.05, 0) is 30.0 Å². The lowest BCUT2D eigenvalue weighted by Gasteiger charge is -2.04. The fraction of sp³-hybridized carbons (Fsp3) is 0.100. The summed E-state index contributed by atoms with van der Waals surface area (Å²) in [6.45, 7) is 1.95. The summed E-state index contributed by atoms with van der Waals surface area (Å²) >= 11 is 5.88. The van der Waals surface area contributed by atoms with Crippen molar-refractivity contribution in [2.45, 2.75) is 6.92 Å². The highest BCUT2D eigenvalue weighted by Gasteiger charge is 2.01. The molecule has 0 saturated carbocycles. The number of halogens is 1. The molecular weight excluding hydrogens is 184 g/mol. The van der Waals surface area contributed by atoms with Gasteiger partial charge in [0.05, 0.1) is 0 Å². The van der Waals surface area contributed by atoms with Crippen LogP contribution >= 0.6 is 11.6 Å². The zero-order valence-electron chi connectivity index (χ0n) is 7.21. The minimum absolute atomic E-state index is 0.565. The molecule has 0 radical (unpaired) electrons. The van der Waals surface area contributed by atoms with E-state index in [2.05, 4.69) is 4.98 Å². The molecule has 0 saturated heterocycles. The summed E-state index contributed by atoms with van der Waals surface area (Å²) < 4.78 is 0. The molecule has 66 valence electrons. The quantitative estimate of drug-likeness (QED) is 0.697. The number of benzene rings is 1. The summed E-state index contributed by atoms with van der Waals surface area (Å²) in [7, 11) is 0. The fourth-order valence-electron chi connectivity index (χ4n) is 1.34. The van der Waals surface area contributed by atoms with Gasteiger partial charge in [-0.2, -0.15) is 0 Å². The molecule has 2 nitrogen and oxygen atoms in total. The van der Waals surface area contributed by atoms with Gasteiger partial charge in [-0.1, -0.05) is 17.7 Å². The van der Waals surface area contributed by atoms with Gasteiger partial charge in [-0.3, -0.25) is 0 Å². The predicted octanol–water partition coefficient (Wildman–Crippen LogP) is 2.78. The number of nitrogens with two attached hydrogens (primary N) is 1. The molecule has 1 heterocycles. The van der Waals surface area contributed by atoms with Crippen molar-refractivity contribution in [3.8, 4) is 0 Å². The van der Waals surface area contributed by atoms with Gasteiger partial charge in [0.15, 0.2) is 0 Å². The number of hydrogen-bond acceptors (Lipinski definition) is 2. The maximum absolute atomic E-state index is 5.88. The largest absolute Gasteiger partial charge is 0.383 e. The van der Waals surface area contributed by atoms with Gasteiger partial charge in [0, 0.05) is 16.6 Å². The molecule has 0 aliphatic carbocycles. The third-order valence-electron chi connectivity index (χ3n) is 2.15. The molecule has 0 spiro atoms. The van der Waals surface area contributed by atoms with Gasteiger partial charge in [0.1, 0.15) is 5.82 Å². The Morgan fingerprint density at radius 2 is 2.15 bits per heavy atom. The van der Waals surface area contributed by atoms with Crippen LogP contribution in [0, 0.1) is 6.92 Å². The highest BCUT2D eigenvalue weighted by atomic mass is 35.5. The summed E-state index contributed by atoms with van der Waals surface area (Å²) in [5, 5.41) is 2.86. The molecule has 0 bridgehead atoms. The van der Waals surface area contributed by atoms with E-state index in [1.165, 1.54) is 0 Å². The Balaban J connectivity index is 2.89. The number of pyridine rings is 1. The van der Waals surface area contributed by atoms with E-state index in [9.17, 15) is 0 Å². The molecule has 0 unspecified atom stereocenters. The predicted molar refractivity (Wildman–Crippen MR) is 55.9 cm³/mol. The van der Waals surface area contributed by atoms with Crippen molar-refractivity contribution >= 4 is 28.2 Å². The van der Waals surface area contributed by atoms with Crippen LogP contribution in [0.4, 0.5) is 5.82 Å². The van der Waals surface area contributed by atoms with Crippen LogP contribution < -0.4 is 5.73 Å². The number of hydrogen-bond donors (Lipinski definition) is 1. The summed E-state index contributed by atoms with van der Waals surface area (Å²) in [5.74, 6) is 0.565. The number of anilines is 1. The van der Waals surface area contributed by atoms with Gasteiger partial charge < -0.3 is 5.73 Å². The molecule has 2 N–H and O–H groups in total. The molecule has 1 aromatic carbocycles. The van der Waals surface area contributed by atoms with Gasteiger partial charge in [-0.15, -0.1) is 0 Å². The summed E-state index contributed by atoms with van der Waals surface area (Å²) in [6.07, 6.45) is 1.76. The first-order valence-corrected chi connectivity index (χ1v) is 4.36. The van der Waals surface area contributed by atoms with Crippen LogP contribution in [-0.2, 0) is 0 Å². The van der Waals surface area contributed by atoms with Crippen LogP contribution in [0.2, 0.25) is 5.02 Å². The topological polar surface area (TPSA) is 38.9 Å². The molecule has 0 fully saturated rings. The van der Waals surface area contributed by atoms with E-state index in [-0.39, 0.29) is 0 Å². The Bertz CT molecular complexity index is 460. The maximum Gasteiger partial charge on any atom is 0.126 e. The second-order valence-corrected chi connectivity index (χ2v) is 3.44. The first-order valence-electron chi connectivity index (χ1n) is 3.99. The zero-order chi connectivity index (χ0) is 9.42. The van der Waals surface area contributed by atoms with E-state index in [0.29, 0.717) is 5.82 Å². The van der Waals surface area contributed by atoms with Crippen LogP contribution in [0.25, 0.3) is 10.8 Å². The molecular formula is C10H9ClN2. The fourth-order valence-corrected chi connectivity index (χ4v) is 1.51. The number of aryl methyl sites for hydroxylation is 1. The Morgan fingerprint density at radius 3 is 2.92 bits per heavy atom. The van der Waals surface area contributed by atoms with Crippen LogP contribution in [0.3, 0.4) is 0 Å². The highest BCUT2D eigenvalue weighted by Crippen LogP contribution is 2.24. The third kappa shape index (κ3) is 1.33. The second kappa shape index (κ2) is 2.89. The molecule has 1 aromatic heterocycles. The van der Waals surface area contributed by atoms with Crippen molar-refractivity contribution in [1.29, 1.82) is 0 Å². The molecule has 2 rings (SSSR count). The Labute approximate surface area is 81.3 Å². The molecule has 0 aliphatic heterocycles. The number of nitrogen functional groups attached to an aromatic ring is 1. The number of aromatic nitrogens is 1. The highest BCUT2D eigenvalue weighted by molar-refractivity contribution is 6.31. The average Bonchev–Trinajstić information content (AvgIpc) is 2.12. The summed E-state index contributed by atoms with van der Waals surface area (Å²) in [6, 6.07) is 5.70. The third-order valence-corrected chi connectivity index (χ3v) is 2.38. The molecule has 3 heteroatoms. The SMILES string of the molecule is Cc1c(N)ncc2ccc(Cl)cc12. The average molecular weight is 193 g/mol. The van der Waals surface area contributed by atoms with Crippen molar-refractivity contribution < 1.29 is 0 Å². The van der Waals surface area contributed by atoms with Crippen molar-refractivity contribution in [1.82, 2.24) is 4.98 Å². The number of fused-ring (bicyclic) bond motifs is 1. The number of rotatable bonds is 0. The van der Waals surface area contributed by atoms with Gasteiger partial charge in [0.2, 0.25) is 0 Å². The van der Waals surface area contributed by atoms with Crippen molar-refractivity contribution in [3.05, 3.63) is 35.0 Å². The van der Waals surface area contributed by atoms with E-state index < -0.39 is 0 Å². The van der Waals surface area contributed by atoms with E-state index in [0.717, 1.165) is 21.4 Å². The van der Waals surface area contributed by atoms with Crippen molar-refractivity contribution in [3.63, 3.8) is 0 Å². The van der Waals surface area contributed by atoms with Crippen molar-refractivity contribution in [2.24, 2.45) is 0 Å². The molecule has 0 aliphatic rings. The van der Waals surface area contributed by atoms with Gasteiger partial charge in [0.25, 0.3) is 0 Å². The minimum atomic E-state index is 0.565. The molecule has 13 heavy (non-hydrogen) atoms. The van der Waals surface area contributed by atoms with Crippen molar-refractivity contribution in [2.75, 3.05) is 5.73 Å². The van der Waals surface area contributed by atoms with Crippen LogP contribution in [0.5, 0.6) is 0 Å². The molecule has 0 amide bonds. The number of nitrogens with zero attached hydrogens (tertiary/aromatic N) is 1. The van der Waals surface area contributed by atoms with Gasteiger partial charge >= 0.3 is 0 Å². The standard InChI is InChI=1S/C10H9ClN2/c1-6-9-4-8(11)3-2-7(9)5-13-10(6)12/h2-5H,1H3,(H2,12,13). The Kier molecular flexibility index (Phi) is 1.85. The maximum atomic E-state index is 5.88. The first kappa shape index (κ1) is 8.32. The second-order valence-electron chi connectivity index (χ2n) is 3.00. The lowest BCUT2D eigenvalue weighted by molar-refractivity contribution is 1.32.